The molecule has 4 aliphatic carbocycles. The van der Waals surface area contributed by atoms with E-state index in [0.717, 1.165) is 51.4 Å². The highest BCUT2D eigenvalue weighted by molar-refractivity contribution is 7.98. The highest BCUT2D eigenvalue weighted by Gasteiger charge is 2.63. The van der Waals surface area contributed by atoms with Crippen LogP contribution >= 0.6 is 11.8 Å². The van der Waals surface area contributed by atoms with Crippen LogP contribution in [-0.4, -0.2) is 52.0 Å². The maximum absolute atomic E-state index is 13.6. The fourth-order valence-corrected chi connectivity index (χ4v) is 9.68. The molecule has 7 unspecified atom stereocenters. The van der Waals surface area contributed by atoms with Crippen molar-refractivity contribution in [2.75, 3.05) is 12.0 Å². The van der Waals surface area contributed by atoms with Gasteiger partial charge >= 0.3 is 5.97 Å². The van der Waals surface area contributed by atoms with Crippen LogP contribution in [0.2, 0.25) is 0 Å². The van der Waals surface area contributed by atoms with Gasteiger partial charge in [-0.05, 0) is 110 Å². The number of carbonyl (C=O) groups is 3. The van der Waals surface area contributed by atoms with Crippen LogP contribution in [0.1, 0.15) is 91.4 Å². The number of rotatable bonds is 9. The number of aliphatic hydroxyl groups is 1. The Bertz CT molecular complexity index is 850. The van der Waals surface area contributed by atoms with Crippen molar-refractivity contribution in [1.82, 2.24) is 5.32 Å². The van der Waals surface area contributed by atoms with Gasteiger partial charge in [0.15, 0.2) is 0 Å². The van der Waals surface area contributed by atoms with Crippen LogP contribution < -0.4 is 5.32 Å². The van der Waals surface area contributed by atoms with E-state index in [0.29, 0.717) is 60.4 Å². The molecule has 0 bridgehead atoms. The van der Waals surface area contributed by atoms with Gasteiger partial charge in [0.05, 0.1) is 6.10 Å². The Hall–Kier alpha value is -1.08. The summed E-state index contributed by atoms with van der Waals surface area (Å²) in [6.07, 6.45) is 11.1. The summed E-state index contributed by atoms with van der Waals surface area (Å²) in [5.74, 6) is 2.25. The van der Waals surface area contributed by atoms with Crippen molar-refractivity contribution >= 4 is 29.4 Å². The van der Waals surface area contributed by atoms with Crippen molar-refractivity contribution in [3.63, 3.8) is 0 Å². The zero-order valence-electron chi connectivity index (χ0n) is 22.6. The highest BCUT2D eigenvalue weighted by atomic mass is 32.2. The first-order chi connectivity index (χ1) is 17.0. The molecule has 0 heterocycles. The molecule has 0 spiro atoms. The molecule has 204 valence electrons. The Morgan fingerprint density at radius 2 is 1.78 bits per heavy atom. The summed E-state index contributed by atoms with van der Waals surface area (Å²) >= 11 is 1.58. The summed E-state index contributed by atoms with van der Waals surface area (Å²) in [4.78, 5) is 37.6. The van der Waals surface area contributed by atoms with Crippen LogP contribution in [-0.2, 0) is 14.4 Å². The number of thioether (sulfide) groups is 1. The third-order valence-corrected chi connectivity index (χ3v) is 11.9. The molecule has 0 aromatic rings. The number of aliphatic carboxylic acids is 1. The molecule has 0 aromatic heterocycles. The van der Waals surface area contributed by atoms with Crippen molar-refractivity contribution in [3.8, 4) is 0 Å². The van der Waals surface area contributed by atoms with E-state index in [4.69, 9.17) is 0 Å². The minimum Gasteiger partial charge on any atom is -0.480 e. The fraction of sp³-hybridized carbons (Fsp3) is 0.897. The van der Waals surface area contributed by atoms with E-state index in [2.05, 4.69) is 26.1 Å². The molecule has 3 N–H and O–H groups in total. The predicted octanol–water partition coefficient (Wildman–Crippen LogP) is 4.92. The number of carbonyl (C=O) groups excluding carboxylic acids is 2. The van der Waals surface area contributed by atoms with Gasteiger partial charge in [-0.2, -0.15) is 11.8 Å². The molecule has 0 saturated heterocycles. The number of aliphatic hydroxyl groups excluding tert-OH is 1. The van der Waals surface area contributed by atoms with E-state index >= 15 is 0 Å². The summed E-state index contributed by atoms with van der Waals surface area (Å²) in [6.45, 7) is 7.08. The molecule has 0 radical (unpaired) electrons. The minimum absolute atomic E-state index is 0.131. The zero-order valence-corrected chi connectivity index (χ0v) is 23.4. The van der Waals surface area contributed by atoms with E-state index in [1.165, 1.54) is 0 Å². The minimum atomic E-state index is -0.964. The Labute approximate surface area is 221 Å². The van der Waals surface area contributed by atoms with Gasteiger partial charge in [-0.15, -0.1) is 0 Å². The van der Waals surface area contributed by atoms with Gasteiger partial charge in [0.2, 0.25) is 5.91 Å². The topological polar surface area (TPSA) is 104 Å². The quantitative estimate of drug-likeness (QED) is 0.398. The number of hydrogen-bond acceptors (Lipinski definition) is 5. The molecule has 10 atom stereocenters. The van der Waals surface area contributed by atoms with E-state index in [1.807, 2.05) is 6.26 Å². The molecule has 6 nitrogen and oxygen atoms in total. The van der Waals surface area contributed by atoms with Gasteiger partial charge in [-0.25, -0.2) is 4.79 Å². The number of carboxylic acid groups (broad SMARTS) is 1. The molecule has 7 heteroatoms. The summed E-state index contributed by atoms with van der Waals surface area (Å²) < 4.78 is 0. The van der Waals surface area contributed by atoms with Gasteiger partial charge in [-0.1, -0.05) is 20.8 Å². The van der Waals surface area contributed by atoms with Crippen molar-refractivity contribution in [3.05, 3.63) is 0 Å². The molecule has 1 amide bonds. The van der Waals surface area contributed by atoms with Crippen LogP contribution in [0.25, 0.3) is 0 Å². The number of amides is 1. The lowest BCUT2D eigenvalue weighted by atomic mass is 9.44. The Balaban J connectivity index is 1.39. The standard InChI is InChI=1S/C29H47NO5S/c1-17(5-8-25(33)30-23(27(34)35)11-14-36-4)20-6-7-21-26-22(10-13-29(20,21)3)28(2)12-9-19(31)15-18(28)16-24(26)32/h17-23,26,31H,5-16H2,1-4H3,(H,30,33)(H,34,35)/t17?,18-,19+,20?,21?,22?,23-,26?,28?,29?/m0/s1. The normalized spacial score (nSPS) is 41.5. The monoisotopic (exact) mass is 521 g/mol. The maximum atomic E-state index is 13.6. The SMILES string of the molecule is CSCC[C@H](NC(=O)CCC(C)C1CCC2C3C(=O)C[C@@H]4C[C@H](O)CCC4(C)C3CCC12C)C(=O)O. The van der Waals surface area contributed by atoms with Crippen LogP contribution in [0.5, 0.6) is 0 Å². The van der Waals surface area contributed by atoms with Gasteiger partial charge in [0.1, 0.15) is 11.8 Å². The van der Waals surface area contributed by atoms with Crippen molar-refractivity contribution < 1.29 is 24.6 Å². The third-order valence-electron chi connectivity index (χ3n) is 11.3. The maximum Gasteiger partial charge on any atom is 0.326 e. The highest BCUT2D eigenvalue weighted by Crippen LogP contribution is 2.67. The average Bonchev–Trinajstić information content (AvgIpc) is 3.18. The molecule has 0 aliphatic heterocycles. The Morgan fingerprint density at radius 3 is 2.47 bits per heavy atom. The van der Waals surface area contributed by atoms with E-state index < -0.39 is 12.0 Å². The van der Waals surface area contributed by atoms with Crippen molar-refractivity contribution in [2.45, 2.75) is 104 Å². The largest absolute Gasteiger partial charge is 0.480 e. The lowest BCUT2D eigenvalue weighted by Gasteiger charge is -2.60. The number of nitrogens with one attached hydrogen (secondary N) is 1. The zero-order chi connectivity index (χ0) is 26.3. The van der Waals surface area contributed by atoms with E-state index in [1.54, 1.807) is 11.8 Å². The summed E-state index contributed by atoms with van der Waals surface area (Å²) in [5, 5.41) is 22.4. The average molecular weight is 522 g/mol. The lowest BCUT2D eigenvalue weighted by molar-refractivity contribution is -0.160. The van der Waals surface area contributed by atoms with Crippen molar-refractivity contribution in [1.29, 1.82) is 0 Å². The first-order valence-corrected chi connectivity index (χ1v) is 15.6. The second-order valence-electron chi connectivity index (χ2n) is 13.0. The predicted molar refractivity (Wildman–Crippen MR) is 143 cm³/mol. The molecule has 4 aliphatic rings. The molecule has 4 saturated carbocycles. The number of hydrogen-bond donors (Lipinski definition) is 3. The summed E-state index contributed by atoms with van der Waals surface area (Å²) in [6, 6.07) is -0.813. The molecule has 4 fully saturated rings. The molecular formula is C29H47NO5S. The second-order valence-corrected chi connectivity index (χ2v) is 14.0. The molecule has 0 aromatic carbocycles. The van der Waals surface area contributed by atoms with Crippen LogP contribution in [0.4, 0.5) is 0 Å². The fourth-order valence-electron chi connectivity index (χ4n) is 9.20. The molecular weight excluding hydrogens is 474 g/mol. The lowest BCUT2D eigenvalue weighted by Crippen LogP contribution is -2.57. The first-order valence-electron chi connectivity index (χ1n) is 14.2. The molecule has 4 rings (SSSR count). The second kappa shape index (κ2) is 11.0. The van der Waals surface area contributed by atoms with Gasteiger partial charge in [0.25, 0.3) is 0 Å². The summed E-state index contributed by atoms with van der Waals surface area (Å²) in [5.41, 5.74) is 0.309. The smallest absolute Gasteiger partial charge is 0.326 e. The Morgan fingerprint density at radius 1 is 1.08 bits per heavy atom. The van der Waals surface area contributed by atoms with Gasteiger partial charge in [-0.3, -0.25) is 9.59 Å². The number of Topliss-reactive ketones (excluding diaryl/α,β-unsaturated/α-hetero) is 1. The first kappa shape index (κ1) is 27.9. The van der Waals surface area contributed by atoms with E-state index in [9.17, 15) is 24.6 Å². The van der Waals surface area contributed by atoms with Gasteiger partial charge < -0.3 is 15.5 Å². The third kappa shape index (κ3) is 5.12. The number of fused-ring (bicyclic) bond motifs is 5. The van der Waals surface area contributed by atoms with Crippen LogP contribution in [0.15, 0.2) is 0 Å². The molecule has 36 heavy (non-hydrogen) atoms. The number of carboxylic acids is 1. The van der Waals surface area contributed by atoms with E-state index in [-0.39, 0.29) is 28.8 Å². The van der Waals surface area contributed by atoms with Crippen LogP contribution in [0, 0.1) is 46.3 Å². The van der Waals surface area contributed by atoms with Crippen molar-refractivity contribution in [2.24, 2.45) is 46.3 Å². The van der Waals surface area contributed by atoms with Crippen LogP contribution in [0.3, 0.4) is 0 Å². The Kier molecular flexibility index (Phi) is 8.50. The summed E-state index contributed by atoms with van der Waals surface area (Å²) in [7, 11) is 0. The number of ketones is 1. The van der Waals surface area contributed by atoms with Gasteiger partial charge in [0, 0.05) is 18.8 Å².